The van der Waals surface area contributed by atoms with Gasteiger partial charge in [-0.15, -0.1) is 11.3 Å². The summed E-state index contributed by atoms with van der Waals surface area (Å²) in [5, 5.41) is 1.16. The van der Waals surface area contributed by atoms with Crippen LogP contribution in [0.5, 0.6) is 11.5 Å². The van der Waals surface area contributed by atoms with Gasteiger partial charge in [-0.3, -0.25) is 0 Å². The fourth-order valence-electron chi connectivity index (χ4n) is 5.24. The predicted octanol–water partition coefficient (Wildman–Crippen LogP) is 7.64. The minimum absolute atomic E-state index is 0.121. The van der Waals surface area contributed by atoms with E-state index in [0.717, 1.165) is 26.5 Å². The summed E-state index contributed by atoms with van der Waals surface area (Å²) in [6.07, 6.45) is 0. The Balaban J connectivity index is 1.87. The summed E-state index contributed by atoms with van der Waals surface area (Å²) in [7, 11) is -1.97. The zero-order valence-electron chi connectivity index (χ0n) is 22.1. The molecule has 0 amide bonds. The van der Waals surface area contributed by atoms with E-state index < -0.39 is 19.7 Å². The highest BCUT2D eigenvalue weighted by Gasteiger charge is 2.82. The van der Waals surface area contributed by atoms with Gasteiger partial charge in [0.25, 0.3) is 5.79 Å². The van der Waals surface area contributed by atoms with Crippen LogP contribution in [0.25, 0.3) is 10.1 Å². The fraction of sp³-hybridized carbons (Fsp3) is 0.692. The van der Waals surface area contributed by atoms with Gasteiger partial charge >= 0.3 is 0 Å². The summed E-state index contributed by atoms with van der Waals surface area (Å²) in [6.45, 7) is 25.4. The highest BCUT2D eigenvalue weighted by molar-refractivity contribution is 7.19. The Morgan fingerprint density at radius 3 is 2.24 bits per heavy atom. The van der Waals surface area contributed by atoms with Gasteiger partial charge in [-0.25, -0.2) is 4.89 Å². The smallest absolute Gasteiger partial charge is 0.274 e. The van der Waals surface area contributed by atoms with Crippen LogP contribution in [-0.2, 0) is 20.3 Å². The van der Waals surface area contributed by atoms with E-state index in [1.54, 1.807) is 11.3 Å². The lowest BCUT2D eigenvalue weighted by molar-refractivity contribution is -0.625. The normalized spacial score (nSPS) is 27.4. The van der Waals surface area contributed by atoms with Crippen LogP contribution in [0.1, 0.15) is 67.2 Å². The number of benzene rings is 1. The first-order valence-electron chi connectivity index (χ1n) is 11.9. The van der Waals surface area contributed by atoms with Gasteiger partial charge in [-0.1, -0.05) is 55.4 Å². The van der Waals surface area contributed by atoms with Crippen molar-refractivity contribution < 1.29 is 23.7 Å². The molecule has 1 aromatic heterocycles. The van der Waals surface area contributed by atoms with Crippen molar-refractivity contribution >= 4 is 29.7 Å². The number of hydrogen-bond acceptors (Lipinski definition) is 6. The van der Waals surface area contributed by atoms with Crippen LogP contribution in [0.4, 0.5) is 0 Å². The molecule has 2 aromatic rings. The molecule has 184 valence electrons. The highest BCUT2D eigenvalue weighted by Crippen LogP contribution is 2.71. The van der Waals surface area contributed by atoms with E-state index in [1.165, 1.54) is 0 Å². The van der Waals surface area contributed by atoms with Crippen molar-refractivity contribution in [2.45, 2.75) is 91.8 Å². The van der Waals surface area contributed by atoms with Crippen LogP contribution in [0.2, 0.25) is 18.1 Å². The standard InChI is InChI=1S/C26H40O5SSi/c1-12-27-20-18-15-17(29-33(10,11)23(5,6)7)13-14-19(18)32-21(20)25-26(31-30-25,22(2,3)4)24(8,9)16-28-25/h13-15H,12,16H2,1-11H3. The lowest BCUT2D eigenvalue weighted by Gasteiger charge is -2.60. The number of ether oxygens (including phenoxy) is 2. The summed E-state index contributed by atoms with van der Waals surface area (Å²) in [6, 6.07) is 6.32. The average molecular weight is 493 g/mol. The van der Waals surface area contributed by atoms with Crippen molar-refractivity contribution in [3.8, 4) is 11.5 Å². The molecule has 0 saturated carbocycles. The topological polar surface area (TPSA) is 46.2 Å². The van der Waals surface area contributed by atoms with Crippen molar-refractivity contribution in [2.24, 2.45) is 10.8 Å². The van der Waals surface area contributed by atoms with E-state index in [1.807, 2.05) is 6.92 Å². The third-order valence-electron chi connectivity index (χ3n) is 7.77. The molecule has 0 spiro atoms. The third kappa shape index (κ3) is 3.33. The molecule has 2 aliphatic heterocycles. The second kappa shape index (κ2) is 7.44. The van der Waals surface area contributed by atoms with Crippen LogP contribution in [-0.4, -0.2) is 27.1 Å². The third-order valence-corrected chi connectivity index (χ3v) is 13.4. The molecule has 2 unspecified atom stereocenters. The molecule has 2 fully saturated rings. The van der Waals surface area contributed by atoms with Crippen molar-refractivity contribution in [1.82, 2.24) is 0 Å². The van der Waals surface area contributed by atoms with Gasteiger partial charge in [0.1, 0.15) is 16.4 Å². The van der Waals surface area contributed by atoms with E-state index in [2.05, 4.69) is 86.7 Å². The van der Waals surface area contributed by atoms with Crippen LogP contribution in [0.15, 0.2) is 18.2 Å². The lowest BCUT2D eigenvalue weighted by Crippen LogP contribution is -2.72. The van der Waals surface area contributed by atoms with Gasteiger partial charge in [0.2, 0.25) is 8.32 Å². The zero-order chi connectivity index (χ0) is 24.7. The van der Waals surface area contributed by atoms with Gasteiger partial charge in [-0.2, -0.15) is 4.89 Å². The van der Waals surface area contributed by atoms with Gasteiger partial charge in [0, 0.05) is 20.9 Å². The molecule has 0 aliphatic carbocycles. The molecule has 0 N–H and O–H groups in total. The predicted molar refractivity (Wildman–Crippen MR) is 137 cm³/mol. The Bertz CT molecular complexity index is 1060. The molecule has 4 rings (SSSR count). The molecule has 2 atom stereocenters. The van der Waals surface area contributed by atoms with Crippen molar-refractivity contribution in [3.05, 3.63) is 23.1 Å². The van der Waals surface area contributed by atoms with E-state index in [0.29, 0.717) is 13.2 Å². The Labute approximate surface area is 203 Å². The fourth-order valence-corrected chi connectivity index (χ4v) is 7.51. The van der Waals surface area contributed by atoms with Gasteiger partial charge < -0.3 is 13.9 Å². The summed E-state index contributed by atoms with van der Waals surface area (Å²) < 4.78 is 20.5. The Morgan fingerprint density at radius 1 is 1.06 bits per heavy atom. The first-order chi connectivity index (χ1) is 15.0. The van der Waals surface area contributed by atoms with Crippen LogP contribution in [0.3, 0.4) is 0 Å². The SMILES string of the molecule is CCOc1c(C23OCC(C)(C)C2(C(C)(C)C)OO3)sc2ccc(O[Si](C)(C)C(C)(C)C)cc12. The molecule has 0 radical (unpaired) electrons. The molecule has 1 aromatic carbocycles. The molecule has 0 bridgehead atoms. The molecule has 2 saturated heterocycles. The summed E-state index contributed by atoms with van der Waals surface area (Å²) >= 11 is 1.66. The molecular formula is C26H40O5SSi. The lowest BCUT2D eigenvalue weighted by atomic mass is 9.58. The largest absolute Gasteiger partial charge is 0.543 e. The van der Waals surface area contributed by atoms with E-state index >= 15 is 0 Å². The van der Waals surface area contributed by atoms with E-state index in [4.69, 9.17) is 23.7 Å². The number of hydrogen-bond donors (Lipinski definition) is 0. The quantitative estimate of drug-likeness (QED) is 0.317. The van der Waals surface area contributed by atoms with Gasteiger partial charge in [0.05, 0.1) is 13.2 Å². The monoisotopic (exact) mass is 492 g/mol. The molecule has 33 heavy (non-hydrogen) atoms. The second-order valence-corrected chi connectivity index (χ2v) is 18.4. The maximum absolute atomic E-state index is 6.61. The molecule has 3 heterocycles. The number of rotatable bonds is 5. The summed E-state index contributed by atoms with van der Waals surface area (Å²) in [5.41, 5.74) is -1.10. The van der Waals surface area contributed by atoms with Gasteiger partial charge in [0.15, 0.2) is 5.60 Å². The minimum Gasteiger partial charge on any atom is -0.543 e. The maximum atomic E-state index is 6.61. The minimum atomic E-state index is -1.97. The van der Waals surface area contributed by atoms with Crippen LogP contribution in [0, 0.1) is 10.8 Å². The highest BCUT2D eigenvalue weighted by atomic mass is 32.1. The second-order valence-electron chi connectivity index (χ2n) is 12.6. The van der Waals surface area contributed by atoms with Crippen molar-refractivity contribution in [2.75, 3.05) is 13.2 Å². The first-order valence-corrected chi connectivity index (χ1v) is 15.7. The summed E-state index contributed by atoms with van der Waals surface area (Å²) in [4.78, 5) is 12.9. The van der Waals surface area contributed by atoms with E-state index in [-0.39, 0.29) is 15.9 Å². The molecule has 2 aliphatic rings. The summed E-state index contributed by atoms with van der Waals surface area (Å²) in [5.74, 6) is 0.703. The Kier molecular flexibility index (Phi) is 5.63. The van der Waals surface area contributed by atoms with Crippen molar-refractivity contribution in [1.29, 1.82) is 0 Å². The van der Waals surface area contributed by atoms with Crippen LogP contribution < -0.4 is 9.16 Å². The zero-order valence-corrected chi connectivity index (χ0v) is 23.9. The molecule has 5 nitrogen and oxygen atoms in total. The number of thiophene rings is 1. The Hall–Kier alpha value is -1.12. The van der Waals surface area contributed by atoms with E-state index in [9.17, 15) is 0 Å². The first kappa shape index (κ1) is 25.0. The maximum Gasteiger partial charge on any atom is 0.274 e. The Morgan fingerprint density at radius 2 is 1.73 bits per heavy atom. The van der Waals surface area contributed by atoms with Gasteiger partial charge in [-0.05, 0) is 43.3 Å². The number of fused-ring (bicyclic) bond motifs is 2. The van der Waals surface area contributed by atoms with Crippen molar-refractivity contribution in [3.63, 3.8) is 0 Å². The average Bonchev–Trinajstić information content (AvgIpc) is 3.04. The van der Waals surface area contributed by atoms with Crippen LogP contribution >= 0.6 is 11.3 Å². The molecular weight excluding hydrogens is 452 g/mol. The molecule has 7 heteroatoms.